The zero-order chi connectivity index (χ0) is 29.7. The van der Waals surface area contributed by atoms with Gasteiger partial charge in [-0.25, -0.2) is 8.42 Å². The predicted octanol–water partition coefficient (Wildman–Crippen LogP) is 7.64. The minimum Gasteiger partial charge on any atom is -0.373 e. The molecule has 3 saturated carbocycles. The van der Waals surface area contributed by atoms with Crippen molar-refractivity contribution in [3.8, 4) is 11.3 Å². The van der Waals surface area contributed by atoms with E-state index in [4.69, 9.17) is 32.5 Å². The summed E-state index contributed by atoms with van der Waals surface area (Å²) in [5.41, 5.74) is 3.82. The molecule has 4 aliphatic rings. The zero-order valence-electron chi connectivity index (χ0n) is 24.0. The Kier molecular flexibility index (Phi) is 8.08. The minimum absolute atomic E-state index is 0.128. The van der Waals surface area contributed by atoms with Crippen LogP contribution in [-0.2, 0) is 21.2 Å². The lowest BCUT2D eigenvalue weighted by molar-refractivity contribution is 0.0122. The first-order valence-electron chi connectivity index (χ1n) is 15.4. The van der Waals surface area contributed by atoms with Crippen LogP contribution in [0.4, 0.5) is 5.69 Å². The lowest BCUT2D eigenvalue weighted by Gasteiger charge is -2.33. The number of Topliss-reactive ketones (excluding diaryl/α,β-unsaturated/α-hetero) is 1. The molecule has 1 aliphatic heterocycles. The Labute approximate surface area is 262 Å². The molecule has 0 spiro atoms. The molecular weight excluding hydrogens is 607 g/mol. The van der Waals surface area contributed by atoms with Gasteiger partial charge in [-0.15, -0.1) is 0 Å². The van der Waals surface area contributed by atoms with Crippen LogP contribution in [-0.4, -0.2) is 49.1 Å². The van der Waals surface area contributed by atoms with Gasteiger partial charge in [-0.1, -0.05) is 53.7 Å². The molecular formula is C33H36Cl2N2O5S. The summed E-state index contributed by atoms with van der Waals surface area (Å²) < 4.78 is 38.0. The van der Waals surface area contributed by atoms with Crippen molar-refractivity contribution in [2.75, 3.05) is 17.2 Å². The summed E-state index contributed by atoms with van der Waals surface area (Å²) in [6.07, 6.45) is 8.55. The molecule has 228 valence electrons. The van der Waals surface area contributed by atoms with Crippen molar-refractivity contribution in [2.45, 2.75) is 87.7 Å². The van der Waals surface area contributed by atoms with E-state index in [0.717, 1.165) is 68.5 Å². The number of halogens is 2. The molecule has 3 aliphatic carbocycles. The smallest absolute Gasteiger partial charge is 0.177 e. The summed E-state index contributed by atoms with van der Waals surface area (Å²) in [4.78, 5) is 15.3. The molecule has 2 heterocycles. The minimum atomic E-state index is -3.42. The van der Waals surface area contributed by atoms with E-state index >= 15 is 0 Å². The van der Waals surface area contributed by atoms with E-state index in [1.807, 2.05) is 30.3 Å². The highest BCUT2D eigenvalue weighted by Gasteiger charge is 2.46. The summed E-state index contributed by atoms with van der Waals surface area (Å²) in [6, 6.07) is 13.3. The fourth-order valence-corrected chi connectivity index (χ4v) is 9.71. The third-order valence-electron chi connectivity index (χ3n) is 9.80. The Balaban J connectivity index is 0.986. The molecule has 7 nitrogen and oxygen atoms in total. The molecule has 43 heavy (non-hydrogen) atoms. The zero-order valence-corrected chi connectivity index (χ0v) is 26.3. The molecule has 0 unspecified atom stereocenters. The monoisotopic (exact) mass is 642 g/mol. The lowest BCUT2D eigenvalue weighted by atomic mass is 10.0. The second-order valence-electron chi connectivity index (χ2n) is 12.7. The Hall–Kier alpha value is -2.39. The number of anilines is 1. The Morgan fingerprint density at radius 3 is 2.35 bits per heavy atom. The maximum absolute atomic E-state index is 12.9. The average molecular weight is 644 g/mol. The van der Waals surface area contributed by atoms with Crippen LogP contribution >= 0.6 is 23.2 Å². The number of nitrogens with zero attached hydrogens (tertiary/aromatic N) is 2. The van der Waals surface area contributed by atoms with E-state index in [9.17, 15) is 13.2 Å². The highest BCUT2D eigenvalue weighted by molar-refractivity contribution is 7.92. The first-order valence-corrected chi connectivity index (χ1v) is 17.9. The van der Waals surface area contributed by atoms with Gasteiger partial charge in [0.1, 0.15) is 17.2 Å². The third kappa shape index (κ3) is 5.88. The topological polar surface area (TPSA) is 89.7 Å². The third-order valence-corrected chi connectivity index (χ3v) is 12.6. The molecule has 0 amide bonds. The van der Waals surface area contributed by atoms with Crippen molar-refractivity contribution in [1.82, 2.24) is 5.16 Å². The van der Waals surface area contributed by atoms with E-state index in [2.05, 4.69) is 10.1 Å². The number of aromatic nitrogens is 1. The normalized spacial score (nSPS) is 24.1. The average Bonchev–Trinajstić information content (AvgIpc) is 3.45. The molecule has 4 fully saturated rings. The quantitative estimate of drug-likeness (QED) is 0.210. The maximum Gasteiger partial charge on any atom is 0.177 e. The number of sulfone groups is 1. The number of carbonyl (C=O) groups excluding carboxylic acids is 1. The fourth-order valence-electron chi connectivity index (χ4n) is 7.31. The van der Waals surface area contributed by atoms with Crippen LogP contribution in [0, 0.1) is 5.92 Å². The summed E-state index contributed by atoms with van der Waals surface area (Å²) in [7, 11) is -3.42. The van der Waals surface area contributed by atoms with E-state index in [1.165, 1.54) is 0 Å². The Morgan fingerprint density at radius 1 is 0.977 bits per heavy atom. The number of hydrogen-bond donors (Lipinski definition) is 0. The van der Waals surface area contributed by atoms with Crippen molar-refractivity contribution in [1.29, 1.82) is 0 Å². The van der Waals surface area contributed by atoms with Crippen molar-refractivity contribution in [2.24, 2.45) is 5.92 Å². The van der Waals surface area contributed by atoms with Gasteiger partial charge in [-0.05, 0) is 74.9 Å². The molecule has 1 saturated heterocycles. The maximum atomic E-state index is 12.9. The molecule has 7 rings (SSSR count). The number of ether oxygens (including phenoxy) is 1. The van der Waals surface area contributed by atoms with Crippen molar-refractivity contribution < 1.29 is 22.5 Å². The number of benzene rings is 2. The van der Waals surface area contributed by atoms with Gasteiger partial charge in [0.15, 0.2) is 15.6 Å². The number of carbonyl (C=O) groups is 1. The van der Waals surface area contributed by atoms with Gasteiger partial charge in [-0.3, -0.25) is 4.79 Å². The van der Waals surface area contributed by atoms with Gasteiger partial charge in [0.25, 0.3) is 0 Å². The van der Waals surface area contributed by atoms with Crippen molar-refractivity contribution >= 4 is 44.5 Å². The molecule has 3 aromatic rings. The number of ketones is 1. The van der Waals surface area contributed by atoms with Crippen molar-refractivity contribution in [3.63, 3.8) is 0 Å². The molecule has 0 N–H and O–H groups in total. The Bertz CT molecular complexity index is 1590. The van der Waals surface area contributed by atoms with E-state index < -0.39 is 15.6 Å². The van der Waals surface area contributed by atoms with Crippen LogP contribution in [0.2, 0.25) is 10.0 Å². The van der Waals surface area contributed by atoms with Gasteiger partial charge < -0.3 is 14.2 Å². The number of piperidine rings is 1. The first-order chi connectivity index (χ1) is 20.8. The van der Waals surface area contributed by atoms with Gasteiger partial charge in [0.2, 0.25) is 0 Å². The fraction of sp³-hybridized carbons (Fsp3) is 0.515. The second kappa shape index (κ2) is 11.8. The first kappa shape index (κ1) is 29.3. The molecule has 2 aromatic carbocycles. The van der Waals surface area contributed by atoms with Crippen LogP contribution in [0.3, 0.4) is 0 Å². The van der Waals surface area contributed by atoms with Crippen LogP contribution in [0.1, 0.15) is 85.4 Å². The molecule has 3 atom stereocenters. The summed E-state index contributed by atoms with van der Waals surface area (Å²) in [5, 5.41) is 5.10. The van der Waals surface area contributed by atoms with Gasteiger partial charge in [-0.2, -0.15) is 0 Å². The van der Waals surface area contributed by atoms with Gasteiger partial charge in [0.05, 0.1) is 28.0 Å². The van der Waals surface area contributed by atoms with E-state index in [0.29, 0.717) is 64.2 Å². The van der Waals surface area contributed by atoms with Crippen LogP contribution in [0.5, 0.6) is 0 Å². The van der Waals surface area contributed by atoms with Gasteiger partial charge in [0, 0.05) is 46.8 Å². The highest BCUT2D eigenvalue weighted by atomic mass is 35.5. The molecule has 10 heteroatoms. The second-order valence-corrected chi connectivity index (χ2v) is 15.8. The molecule has 2 bridgehead atoms. The number of fused-ring (bicyclic) bond motifs is 2. The lowest BCUT2D eigenvalue weighted by Crippen LogP contribution is -2.38. The summed E-state index contributed by atoms with van der Waals surface area (Å²) >= 11 is 13.0. The van der Waals surface area contributed by atoms with Crippen LogP contribution in [0.15, 0.2) is 47.0 Å². The number of hydrogen-bond acceptors (Lipinski definition) is 7. The van der Waals surface area contributed by atoms with Crippen LogP contribution < -0.4 is 4.90 Å². The number of rotatable bonds is 10. The van der Waals surface area contributed by atoms with E-state index in [1.54, 1.807) is 12.1 Å². The van der Waals surface area contributed by atoms with Crippen LogP contribution in [0.25, 0.3) is 11.3 Å². The van der Waals surface area contributed by atoms with Gasteiger partial charge >= 0.3 is 0 Å². The summed E-state index contributed by atoms with van der Waals surface area (Å²) in [6.45, 7) is 1.28. The largest absolute Gasteiger partial charge is 0.373 e. The standard InChI is InChI=1S/C33H36Cl2N2O5S/c34-27-7-4-8-28(35)31(27)32-26(33(42-36-32)21-9-10-21)18-41-30-16-24-15-22(30)17-37(24)23-13-11-20(12-14-23)29(38)19-43(39,40)25-5-2-1-3-6-25/h4,7-8,11-14,21-22,24-25,30H,1-3,5-6,9-10,15-19H2/t22-,24-,30+/m0/s1. The van der Waals surface area contributed by atoms with E-state index in [-0.39, 0.29) is 17.1 Å². The summed E-state index contributed by atoms with van der Waals surface area (Å²) in [5.74, 6) is 0.938. The highest BCUT2D eigenvalue weighted by Crippen LogP contribution is 2.47. The predicted molar refractivity (Wildman–Crippen MR) is 168 cm³/mol. The Morgan fingerprint density at radius 2 is 1.70 bits per heavy atom. The SMILES string of the molecule is O=C(CS(=O)(=O)C1CCCCC1)c1ccc(N2C[C@@H]3C[C@H]2C[C@H]3OCc2c(-c3c(Cl)cccc3Cl)noc2C2CC2)cc1. The molecule has 0 radical (unpaired) electrons. The van der Waals surface area contributed by atoms with Crippen molar-refractivity contribution in [3.05, 3.63) is 69.4 Å². The molecule has 1 aromatic heterocycles.